The zero-order valence-corrected chi connectivity index (χ0v) is 15.1. The Morgan fingerprint density at radius 3 is 2.46 bits per heavy atom. The minimum absolute atomic E-state index is 0.251. The number of nitrogens with one attached hydrogen (secondary N) is 1. The maximum absolute atomic E-state index is 12.5. The van der Waals surface area contributed by atoms with Crippen molar-refractivity contribution in [3.8, 4) is 5.75 Å². The largest absolute Gasteiger partial charge is 0.496 e. The van der Waals surface area contributed by atoms with Gasteiger partial charge in [-0.15, -0.1) is 0 Å². The first kappa shape index (κ1) is 20.0. The number of ether oxygens (including phenoxy) is 3. The molecule has 0 aromatic heterocycles. The van der Waals surface area contributed by atoms with Gasteiger partial charge in [0, 0.05) is 12.3 Å². The molecule has 6 heteroatoms. The van der Waals surface area contributed by atoms with Crippen LogP contribution in [0.5, 0.6) is 5.75 Å². The molecule has 1 N–H and O–H groups in total. The van der Waals surface area contributed by atoms with Crippen molar-refractivity contribution in [2.24, 2.45) is 0 Å². The van der Waals surface area contributed by atoms with E-state index in [-0.39, 0.29) is 18.1 Å². The Kier molecular flexibility index (Phi) is 7.71. The van der Waals surface area contributed by atoms with E-state index in [1.54, 1.807) is 32.0 Å². The van der Waals surface area contributed by atoms with E-state index in [1.165, 1.54) is 7.11 Å². The highest BCUT2D eigenvalue weighted by Gasteiger charge is 2.32. The van der Waals surface area contributed by atoms with Crippen LogP contribution in [0.2, 0.25) is 0 Å². The standard InChI is InChI=1S/C18H27NO5/c1-6-11-24-18(4,7-2)17(21)19-13-9-10-15(22-5)14(12-13)16(20)23-8-3/h9-10,12H,6-8,11H2,1-5H3,(H,19,21). The van der Waals surface area contributed by atoms with Gasteiger partial charge >= 0.3 is 5.97 Å². The second-order valence-electron chi connectivity index (χ2n) is 5.52. The minimum Gasteiger partial charge on any atom is -0.496 e. The highest BCUT2D eigenvalue weighted by Crippen LogP contribution is 2.25. The van der Waals surface area contributed by atoms with Crippen molar-refractivity contribution < 1.29 is 23.8 Å². The Bertz CT molecular complexity index is 573. The number of hydrogen-bond acceptors (Lipinski definition) is 5. The lowest BCUT2D eigenvalue weighted by Crippen LogP contribution is -2.42. The van der Waals surface area contributed by atoms with E-state index in [4.69, 9.17) is 14.2 Å². The molecule has 1 atom stereocenters. The maximum Gasteiger partial charge on any atom is 0.341 e. The fourth-order valence-electron chi connectivity index (χ4n) is 2.07. The van der Waals surface area contributed by atoms with Crippen molar-refractivity contribution in [1.29, 1.82) is 0 Å². The van der Waals surface area contributed by atoms with Gasteiger partial charge in [0.25, 0.3) is 5.91 Å². The summed E-state index contributed by atoms with van der Waals surface area (Å²) in [4.78, 5) is 24.6. The first-order chi connectivity index (χ1) is 11.4. The molecule has 0 heterocycles. The van der Waals surface area contributed by atoms with Gasteiger partial charge in [0.1, 0.15) is 16.9 Å². The van der Waals surface area contributed by atoms with Gasteiger partial charge in [-0.2, -0.15) is 0 Å². The number of amides is 1. The summed E-state index contributed by atoms with van der Waals surface area (Å²) in [6.45, 7) is 8.14. The van der Waals surface area contributed by atoms with Crippen LogP contribution in [0.3, 0.4) is 0 Å². The Morgan fingerprint density at radius 1 is 1.21 bits per heavy atom. The first-order valence-corrected chi connectivity index (χ1v) is 8.22. The summed E-state index contributed by atoms with van der Waals surface area (Å²) in [7, 11) is 1.48. The molecule has 0 saturated carbocycles. The van der Waals surface area contributed by atoms with E-state index in [9.17, 15) is 9.59 Å². The molecule has 134 valence electrons. The third-order valence-corrected chi connectivity index (χ3v) is 3.73. The van der Waals surface area contributed by atoms with Crippen LogP contribution in [0.1, 0.15) is 50.9 Å². The second-order valence-corrected chi connectivity index (χ2v) is 5.52. The predicted octanol–water partition coefficient (Wildman–Crippen LogP) is 3.41. The molecule has 1 unspecified atom stereocenters. The van der Waals surface area contributed by atoms with E-state index in [1.807, 2.05) is 13.8 Å². The number of rotatable bonds is 9. The zero-order chi connectivity index (χ0) is 18.2. The molecule has 0 radical (unpaired) electrons. The van der Waals surface area contributed by atoms with Gasteiger partial charge in [-0.3, -0.25) is 4.79 Å². The normalized spacial score (nSPS) is 13.0. The van der Waals surface area contributed by atoms with Gasteiger partial charge in [-0.05, 0) is 44.9 Å². The number of esters is 1. The maximum atomic E-state index is 12.5. The van der Waals surface area contributed by atoms with E-state index >= 15 is 0 Å². The Balaban J connectivity index is 3.00. The molecule has 1 amide bonds. The molecule has 6 nitrogen and oxygen atoms in total. The molecule has 0 spiro atoms. The summed E-state index contributed by atoms with van der Waals surface area (Å²) in [5.41, 5.74) is -0.159. The van der Waals surface area contributed by atoms with Crippen LogP contribution in [0.25, 0.3) is 0 Å². The molecule has 24 heavy (non-hydrogen) atoms. The van der Waals surface area contributed by atoms with Crippen LogP contribution in [0.4, 0.5) is 5.69 Å². The number of anilines is 1. The van der Waals surface area contributed by atoms with Crippen molar-refractivity contribution in [3.63, 3.8) is 0 Å². The SMILES string of the molecule is CCCOC(C)(CC)C(=O)Nc1ccc(OC)c(C(=O)OCC)c1. The average molecular weight is 337 g/mol. The Hall–Kier alpha value is -2.08. The van der Waals surface area contributed by atoms with Crippen molar-refractivity contribution in [1.82, 2.24) is 0 Å². The lowest BCUT2D eigenvalue weighted by atomic mass is 10.0. The highest BCUT2D eigenvalue weighted by atomic mass is 16.5. The van der Waals surface area contributed by atoms with Gasteiger partial charge in [0.15, 0.2) is 0 Å². The summed E-state index contributed by atoms with van der Waals surface area (Å²) in [5.74, 6) is -0.351. The molecular weight excluding hydrogens is 310 g/mol. The first-order valence-electron chi connectivity index (χ1n) is 8.22. The monoisotopic (exact) mass is 337 g/mol. The van der Waals surface area contributed by atoms with Crippen LogP contribution in [-0.2, 0) is 14.3 Å². The molecule has 1 rings (SSSR count). The smallest absolute Gasteiger partial charge is 0.341 e. The topological polar surface area (TPSA) is 73.9 Å². The summed E-state index contributed by atoms with van der Waals surface area (Å²) < 4.78 is 15.9. The fourth-order valence-corrected chi connectivity index (χ4v) is 2.07. The van der Waals surface area contributed by atoms with Crippen molar-refractivity contribution in [2.75, 3.05) is 25.6 Å². The second kappa shape index (κ2) is 9.27. The molecule has 0 aliphatic carbocycles. The van der Waals surface area contributed by atoms with Crippen molar-refractivity contribution >= 4 is 17.6 Å². The van der Waals surface area contributed by atoms with Gasteiger partial charge in [-0.25, -0.2) is 4.79 Å². The third kappa shape index (κ3) is 4.96. The van der Waals surface area contributed by atoms with Crippen LogP contribution in [0.15, 0.2) is 18.2 Å². The zero-order valence-electron chi connectivity index (χ0n) is 15.1. The lowest BCUT2D eigenvalue weighted by Gasteiger charge is -2.27. The minimum atomic E-state index is -0.917. The number of benzene rings is 1. The van der Waals surface area contributed by atoms with Crippen LogP contribution >= 0.6 is 0 Å². The fraction of sp³-hybridized carbons (Fsp3) is 0.556. The molecule has 1 aromatic carbocycles. The summed E-state index contributed by atoms with van der Waals surface area (Å²) in [6.07, 6.45) is 1.37. The van der Waals surface area contributed by atoms with E-state index in [2.05, 4.69) is 5.32 Å². The summed E-state index contributed by atoms with van der Waals surface area (Å²) >= 11 is 0. The molecule has 0 fully saturated rings. The van der Waals surface area contributed by atoms with Crippen molar-refractivity contribution in [2.45, 2.75) is 46.1 Å². The summed E-state index contributed by atoms with van der Waals surface area (Å²) in [6, 6.07) is 4.85. The molecule has 0 aliphatic rings. The van der Waals surface area contributed by atoms with E-state index in [0.29, 0.717) is 24.5 Å². The van der Waals surface area contributed by atoms with Gasteiger partial charge in [-0.1, -0.05) is 13.8 Å². The molecule has 0 bridgehead atoms. The van der Waals surface area contributed by atoms with Crippen LogP contribution in [0, 0.1) is 0 Å². The number of methoxy groups -OCH3 is 1. The van der Waals surface area contributed by atoms with Crippen molar-refractivity contribution in [3.05, 3.63) is 23.8 Å². The molecule has 0 aliphatic heterocycles. The molecule has 0 saturated heterocycles. The van der Waals surface area contributed by atoms with Gasteiger partial charge in [0.2, 0.25) is 0 Å². The number of carbonyl (C=O) groups is 2. The number of hydrogen-bond donors (Lipinski definition) is 1. The molecule has 1 aromatic rings. The molecular formula is C18H27NO5. The van der Waals surface area contributed by atoms with Crippen LogP contribution < -0.4 is 10.1 Å². The van der Waals surface area contributed by atoms with Gasteiger partial charge < -0.3 is 19.5 Å². The number of carbonyl (C=O) groups excluding carboxylic acids is 2. The Labute approximate surface area is 143 Å². The lowest BCUT2D eigenvalue weighted by molar-refractivity contribution is -0.139. The van der Waals surface area contributed by atoms with E-state index < -0.39 is 11.6 Å². The van der Waals surface area contributed by atoms with E-state index in [0.717, 1.165) is 6.42 Å². The third-order valence-electron chi connectivity index (χ3n) is 3.73. The highest BCUT2D eigenvalue weighted by molar-refractivity contribution is 5.99. The average Bonchev–Trinajstić information content (AvgIpc) is 2.59. The quantitative estimate of drug-likeness (QED) is 0.699. The van der Waals surface area contributed by atoms with Crippen LogP contribution in [-0.4, -0.2) is 37.8 Å². The summed E-state index contributed by atoms with van der Waals surface area (Å²) in [5, 5.41) is 2.80. The Morgan fingerprint density at radius 2 is 1.92 bits per heavy atom. The predicted molar refractivity (Wildman–Crippen MR) is 92.5 cm³/mol. The van der Waals surface area contributed by atoms with Gasteiger partial charge in [0.05, 0.1) is 13.7 Å².